The first kappa shape index (κ1) is 22.1. The van der Waals surface area contributed by atoms with Crippen molar-refractivity contribution in [1.82, 2.24) is 0 Å². The van der Waals surface area contributed by atoms with Crippen molar-refractivity contribution in [2.24, 2.45) is 0 Å². The van der Waals surface area contributed by atoms with E-state index in [0.717, 1.165) is 23.3 Å². The molecule has 1 aliphatic carbocycles. The predicted molar refractivity (Wildman–Crippen MR) is 136 cm³/mol. The van der Waals surface area contributed by atoms with Crippen molar-refractivity contribution in [2.75, 3.05) is 13.2 Å². The summed E-state index contributed by atoms with van der Waals surface area (Å²) in [5, 5.41) is 0. The highest BCUT2D eigenvalue weighted by atomic mass is 32.2. The van der Waals surface area contributed by atoms with Crippen molar-refractivity contribution in [2.45, 2.75) is 21.1 Å². The van der Waals surface area contributed by atoms with Gasteiger partial charge in [0.1, 0.15) is 19.0 Å². The molecule has 0 amide bonds. The summed E-state index contributed by atoms with van der Waals surface area (Å²) >= 11 is 0. The summed E-state index contributed by atoms with van der Waals surface area (Å²) in [5.41, 5.74) is 2.78. The standard InChI is InChI=1S/C30H25O3S/c31-30(29-20-15-23-9-7-8-14-28(23)29)33-22-21-32-24-16-18-27(19-17-24)34(25-10-3-1-4-11-25)26-12-5-2-6-13-26/h1-14,16-20H,15,21-22H2/q+1. The lowest BCUT2D eigenvalue weighted by Gasteiger charge is -2.10. The van der Waals surface area contributed by atoms with E-state index in [-0.39, 0.29) is 23.5 Å². The molecule has 4 aromatic carbocycles. The van der Waals surface area contributed by atoms with Crippen LogP contribution in [0.4, 0.5) is 0 Å². The van der Waals surface area contributed by atoms with E-state index in [4.69, 9.17) is 9.47 Å². The van der Waals surface area contributed by atoms with E-state index in [1.54, 1.807) is 0 Å². The van der Waals surface area contributed by atoms with Crippen LogP contribution in [-0.4, -0.2) is 19.2 Å². The molecule has 34 heavy (non-hydrogen) atoms. The fraction of sp³-hybridized carbons (Fsp3) is 0.100. The van der Waals surface area contributed by atoms with Gasteiger partial charge >= 0.3 is 5.97 Å². The van der Waals surface area contributed by atoms with Crippen LogP contribution in [0.3, 0.4) is 0 Å². The molecule has 0 aliphatic heterocycles. The topological polar surface area (TPSA) is 35.5 Å². The summed E-state index contributed by atoms with van der Waals surface area (Å²) in [5.74, 6) is 0.466. The van der Waals surface area contributed by atoms with Gasteiger partial charge in [-0.1, -0.05) is 66.7 Å². The van der Waals surface area contributed by atoms with Crippen molar-refractivity contribution in [3.05, 3.63) is 126 Å². The number of fused-ring (bicyclic) bond motifs is 1. The molecule has 0 atom stereocenters. The number of allylic oxidation sites excluding steroid dienone is 1. The summed E-state index contributed by atoms with van der Waals surface area (Å²) in [7, 11) is -0.187. The van der Waals surface area contributed by atoms with E-state index in [9.17, 15) is 4.79 Å². The Balaban J connectivity index is 1.19. The molecule has 1 aliphatic rings. The van der Waals surface area contributed by atoms with Crippen LogP contribution in [0.1, 0.15) is 11.1 Å². The molecule has 0 saturated heterocycles. The van der Waals surface area contributed by atoms with Crippen molar-refractivity contribution >= 4 is 22.4 Å². The van der Waals surface area contributed by atoms with Gasteiger partial charge in [-0.25, -0.2) is 4.79 Å². The number of hydrogen-bond acceptors (Lipinski definition) is 3. The fourth-order valence-corrected chi connectivity index (χ4v) is 6.12. The van der Waals surface area contributed by atoms with Crippen LogP contribution in [0.2, 0.25) is 0 Å². The van der Waals surface area contributed by atoms with Gasteiger partial charge in [0.05, 0.1) is 16.5 Å². The molecule has 0 unspecified atom stereocenters. The zero-order valence-electron chi connectivity index (χ0n) is 18.7. The highest BCUT2D eigenvalue weighted by molar-refractivity contribution is 7.97. The lowest BCUT2D eigenvalue weighted by Crippen LogP contribution is -2.13. The van der Waals surface area contributed by atoms with Crippen molar-refractivity contribution in [3.8, 4) is 5.75 Å². The van der Waals surface area contributed by atoms with Gasteiger partial charge in [0.25, 0.3) is 0 Å². The molecule has 3 nitrogen and oxygen atoms in total. The summed E-state index contributed by atoms with van der Waals surface area (Å²) in [6.45, 7) is 0.515. The van der Waals surface area contributed by atoms with Gasteiger partial charge in [0.15, 0.2) is 14.7 Å². The summed E-state index contributed by atoms with van der Waals surface area (Å²) < 4.78 is 11.3. The zero-order chi connectivity index (χ0) is 23.2. The molecule has 0 heterocycles. The largest absolute Gasteiger partial charge is 0.490 e. The maximum absolute atomic E-state index is 12.5. The van der Waals surface area contributed by atoms with Gasteiger partial charge in [0, 0.05) is 0 Å². The Morgan fingerprint density at radius 2 is 1.26 bits per heavy atom. The Hall–Kier alpha value is -3.76. The molecule has 0 spiro atoms. The first-order chi connectivity index (χ1) is 16.8. The van der Waals surface area contributed by atoms with Crippen LogP contribution in [0.25, 0.3) is 5.57 Å². The second-order valence-electron chi connectivity index (χ2n) is 7.87. The molecule has 0 radical (unpaired) electrons. The van der Waals surface area contributed by atoms with Crippen LogP contribution >= 0.6 is 0 Å². The monoisotopic (exact) mass is 465 g/mol. The number of ether oxygens (including phenoxy) is 2. The van der Waals surface area contributed by atoms with Gasteiger partial charge < -0.3 is 9.47 Å². The van der Waals surface area contributed by atoms with E-state index in [1.807, 2.05) is 54.6 Å². The van der Waals surface area contributed by atoms with Gasteiger partial charge in [-0.2, -0.15) is 0 Å². The Morgan fingerprint density at radius 3 is 1.94 bits per heavy atom. The van der Waals surface area contributed by atoms with Crippen molar-refractivity contribution in [1.29, 1.82) is 0 Å². The molecular weight excluding hydrogens is 440 g/mol. The smallest absolute Gasteiger partial charge is 0.338 e. The molecule has 4 aromatic rings. The number of carbonyl (C=O) groups is 1. The second kappa shape index (κ2) is 10.4. The number of esters is 1. The molecule has 5 rings (SSSR count). The molecule has 168 valence electrons. The van der Waals surface area contributed by atoms with Crippen molar-refractivity contribution in [3.63, 3.8) is 0 Å². The molecule has 0 aromatic heterocycles. The normalized spacial score (nSPS) is 12.2. The number of rotatable bonds is 8. The maximum atomic E-state index is 12.5. The average Bonchev–Trinajstić information content (AvgIpc) is 3.33. The quantitative estimate of drug-likeness (QED) is 0.173. The van der Waals surface area contributed by atoms with Crippen LogP contribution < -0.4 is 4.74 Å². The molecule has 0 N–H and O–H groups in total. The molecular formula is C30H25O3S+. The third-order valence-corrected chi connectivity index (χ3v) is 7.89. The lowest BCUT2D eigenvalue weighted by molar-refractivity contribution is -0.137. The summed E-state index contributed by atoms with van der Waals surface area (Å²) in [6.07, 6.45) is 2.71. The van der Waals surface area contributed by atoms with Crippen LogP contribution in [-0.2, 0) is 26.8 Å². The zero-order valence-corrected chi connectivity index (χ0v) is 19.5. The van der Waals surface area contributed by atoms with E-state index < -0.39 is 0 Å². The Morgan fingerprint density at radius 1 is 0.676 bits per heavy atom. The predicted octanol–water partition coefficient (Wildman–Crippen LogP) is 6.34. The summed E-state index contributed by atoms with van der Waals surface area (Å²) in [6, 6.07) is 37.2. The number of hydrogen-bond donors (Lipinski definition) is 0. The Kier molecular flexibility index (Phi) is 6.78. The van der Waals surface area contributed by atoms with Crippen LogP contribution in [0.15, 0.2) is 130 Å². The average molecular weight is 466 g/mol. The Labute approximate surface area is 203 Å². The minimum atomic E-state index is -0.293. The van der Waals surface area contributed by atoms with E-state index in [2.05, 4.69) is 60.7 Å². The molecule has 0 fully saturated rings. The maximum Gasteiger partial charge on any atom is 0.338 e. The third kappa shape index (κ3) is 4.92. The van der Waals surface area contributed by atoms with Gasteiger partial charge in [-0.15, -0.1) is 0 Å². The third-order valence-electron chi connectivity index (χ3n) is 5.66. The first-order valence-electron chi connectivity index (χ1n) is 11.3. The molecule has 0 saturated carbocycles. The van der Waals surface area contributed by atoms with Crippen LogP contribution in [0, 0.1) is 0 Å². The molecule has 4 heteroatoms. The number of benzene rings is 4. The van der Waals surface area contributed by atoms with Gasteiger partial charge in [-0.3, -0.25) is 0 Å². The first-order valence-corrected chi connectivity index (χ1v) is 12.5. The van der Waals surface area contributed by atoms with Gasteiger partial charge in [-0.05, 0) is 66.1 Å². The minimum Gasteiger partial charge on any atom is -0.490 e. The fourth-order valence-electron chi connectivity index (χ4n) is 4.04. The lowest BCUT2D eigenvalue weighted by atomic mass is 10.1. The highest BCUT2D eigenvalue weighted by Gasteiger charge is 2.28. The van der Waals surface area contributed by atoms with Crippen molar-refractivity contribution < 1.29 is 14.3 Å². The highest BCUT2D eigenvalue weighted by Crippen LogP contribution is 2.32. The Bertz CT molecular complexity index is 1240. The summed E-state index contributed by atoms with van der Waals surface area (Å²) in [4.78, 5) is 16.2. The SMILES string of the molecule is O=C(OCCOc1ccc([S+](c2ccccc2)c2ccccc2)cc1)C1=CCc2ccccc21. The van der Waals surface area contributed by atoms with Crippen LogP contribution in [0.5, 0.6) is 5.75 Å². The second-order valence-corrected chi connectivity index (χ2v) is 9.89. The minimum absolute atomic E-state index is 0.187. The van der Waals surface area contributed by atoms with Gasteiger partial charge in [0.2, 0.25) is 0 Å². The molecule has 0 bridgehead atoms. The number of carbonyl (C=O) groups excluding carboxylic acids is 1. The van der Waals surface area contributed by atoms with E-state index in [1.165, 1.54) is 14.7 Å². The van der Waals surface area contributed by atoms with E-state index in [0.29, 0.717) is 12.2 Å². The van der Waals surface area contributed by atoms with E-state index >= 15 is 0 Å².